The third-order valence-electron chi connectivity index (χ3n) is 2.84. The Bertz CT molecular complexity index is 531. The molecule has 7 heteroatoms. The summed E-state index contributed by atoms with van der Waals surface area (Å²) in [6.07, 6.45) is 0.743. The Kier molecular flexibility index (Phi) is 3.64. The van der Waals surface area contributed by atoms with Crippen molar-refractivity contribution in [1.29, 1.82) is 0 Å². The fourth-order valence-electron chi connectivity index (χ4n) is 1.95. The van der Waals surface area contributed by atoms with Gasteiger partial charge in [0.1, 0.15) is 17.1 Å². The van der Waals surface area contributed by atoms with Gasteiger partial charge >= 0.3 is 13.5 Å². The molecule has 1 heterocycles. The summed E-state index contributed by atoms with van der Waals surface area (Å²) >= 11 is 0. The second kappa shape index (κ2) is 5.21. The fourth-order valence-corrected chi connectivity index (χ4v) is 1.95. The number of carbonyl (C=O) groups excluding carboxylic acids is 1. The number of carbonyl (C=O) groups is 2. The van der Waals surface area contributed by atoms with E-state index in [1.807, 2.05) is 0 Å². The van der Waals surface area contributed by atoms with Crippen LogP contribution in [-0.4, -0.2) is 35.5 Å². The number of aromatic hydroxyl groups is 1. The summed E-state index contributed by atoms with van der Waals surface area (Å²) < 4.78 is 5.30. The number of phenols is 1. The molecule has 19 heavy (non-hydrogen) atoms. The van der Waals surface area contributed by atoms with Gasteiger partial charge in [0.15, 0.2) is 0 Å². The van der Waals surface area contributed by atoms with Crippen LogP contribution in [0.15, 0.2) is 12.1 Å². The zero-order valence-corrected chi connectivity index (χ0v) is 10.3. The second-order valence-electron chi connectivity index (χ2n) is 4.27. The molecule has 0 bridgehead atoms. The third-order valence-corrected chi connectivity index (χ3v) is 2.84. The number of rotatable bonds is 3. The summed E-state index contributed by atoms with van der Waals surface area (Å²) in [4.78, 5) is 22.4. The average Bonchev–Trinajstić information content (AvgIpc) is 2.37. The molecule has 2 rings (SSSR count). The standard InChI is InChI=1S/C12H13BNO5/c1-2-10(16)14-9-4-6-3-7(15)5-8(12(17)18)11(6)19-13-9/h3,5,9,15H,2,4H2,1H3,(H,14,16)(H,17,18). The SMILES string of the molecule is CCC(=O)NC1[B]Oc2c(cc(O)cc2C(=O)O)C1. The van der Waals surface area contributed by atoms with Crippen molar-refractivity contribution < 1.29 is 24.5 Å². The fraction of sp³-hybridized carbons (Fsp3) is 0.333. The highest BCUT2D eigenvalue weighted by atomic mass is 16.4. The van der Waals surface area contributed by atoms with E-state index in [9.17, 15) is 14.7 Å². The molecular formula is C12H13BNO5. The number of carboxylic acids is 1. The summed E-state index contributed by atoms with van der Waals surface area (Å²) in [5, 5.41) is 21.3. The lowest BCUT2D eigenvalue weighted by Crippen LogP contribution is -2.45. The van der Waals surface area contributed by atoms with Crippen molar-refractivity contribution in [2.45, 2.75) is 25.7 Å². The molecule has 1 amide bonds. The van der Waals surface area contributed by atoms with E-state index in [0.29, 0.717) is 18.4 Å². The number of nitrogens with one attached hydrogen (secondary N) is 1. The Hall–Kier alpha value is -2.18. The molecule has 1 aromatic carbocycles. The Morgan fingerprint density at radius 1 is 1.53 bits per heavy atom. The average molecular weight is 262 g/mol. The number of phenolic OH excluding ortho intramolecular Hbond substituents is 1. The van der Waals surface area contributed by atoms with Crippen molar-refractivity contribution in [3.63, 3.8) is 0 Å². The topological polar surface area (TPSA) is 95.9 Å². The van der Waals surface area contributed by atoms with Gasteiger partial charge in [0, 0.05) is 12.4 Å². The lowest BCUT2D eigenvalue weighted by atomic mass is 9.79. The first-order valence-electron chi connectivity index (χ1n) is 5.89. The zero-order valence-electron chi connectivity index (χ0n) is 10.3. The van der Waals surface area contributed by atoms with Crippen LogP contribution in [0.1, 0.15) is 29.3 Å². The summed E-state index contributed by atoms with van der Waals surface area (Å²) in [6, 6.07) is 2.58. The minimum absolute atomic E-state index is 0.0912. The van der Waals surface area contributed by atoms with Crippen molar-refractivity contribution in [3.05, 3.63) is 23.3 Å². The molecule has 0 fully saturated rings. The molecule has 1 atom stereocenters. The highest BCUT2D eigenvalue weighted by Crippen LogP contribution is 2.32. The van der Waals surface area contributed by atoms with Gasteiger partial charge in [0.05, 0.1) is 0 Å². The summed E-state index contributed by atoms with van der Waals surface area (Å²) in [6.45, 7) is 1.74. The predicted octanol–water partition coefficient (Wildman–Crippen LogP) is 0.497. The minimum atomic E-state index is -1.17. The molecule has 6 nitrogen and oxygen atoms in total. The van der Waals surface area contributed by atoms with E-state index in [1.165, 1.54) is 13.5 Å². The highest BCUT2D eigenvalue weighted by Gasteiger charge is 2.27. The number of fused-ring (bicyclic) bond motifs is 1. The van der Waals surface area contributed by atoms with Crippen molar-refractivity contribution >= 4 is 19.4 Å². The van der Waals surface area contributed by atoms with E-state index < -0.39 is 5.97 Å². The van der Waals surface area contributed by atoms with Gasteiger partial charge in [-0.05, 0) is 24.1 Å². The van der Waals surface area contributed by atoms with E-state index in [0.717, 1.165) is 6.07 Å². The molecule has 0 saturated heterocycles. The first-order chi connectivity index (χ1) is 9.01. The van der Waals surface area contributed by atoms with Crippen LogP contribution >= 0.6 is 0 Å². The smallest absolute Gasteiger partial charge is 0.394 e. The molecule has 3 N–H and O–H groups in total. The van der Waals surface area contributed by atoms with E-state index in [2.05, 4.69) is 5.32 Å². The Morgan fingerprint density at radius 3 is 2.89 bits per heavy atom. The molecular weight excluding hydrogens is 249 g/mol. The van der Waals surface area contributed by atoms with Gasteiger partial charge in [-0.25, -0.2) is 4.79 Å². The Balaban J connectivity index is 2.26. The van der Waals surface area contributed by atoms with Gasteiger partial charge < -0.3 is 20.2 Å². The van der Waals surface area contributed by atoms with E-state index in [1.54, 1.807) is 6.92 Å². The highest BCUT2D eigenvalue weighted by molar-refractivity contribution is 6.32. The molecule has 1 radical (unpaired) electrons. The van der Waals surface area contributed by atoms with Crippen LogP contribution in [-0.2, 0) is 11.2 Å². The predicted molar refractivity (Wildman–Crippen MR) is 67.4 cm³/mol. The quantitative estimate of drug-likeness (QED) is 0.689. The van der Waals surface area contributed by atoms with Gasteiger partial charge in [-0.3, -0.25) is 4.79 Å². The van der Waals surface area contributed by atoms with Crippen molar-refractivity contribution in [2.75, 3.05) is 0 Å². The molecule has 0 spiro atoms. The molecule has 1 aliphatic heterocycles. The minimum Gasteiger partial charge on any atom is -0.560 e. The van der Waals surface area contributed by atoms with Crippen LogP contribution in [0.3, 0.4) is 0 Å². The van der Waals surface area contributed by atoms with Gasteiger partial charge in [0.2, 0.25) is 5.91 Å². The molecule has 0 aromatic heterocycles. The number of hydrogen-bond donors (Lipinski definition) is 3. The summed E-state index contributed by atoms with van der Waals surface area (Å²) in [7, 11) is 1.40. The number of carboxylic acid groups (broad SMARTS) is 1. The zero-order chi connectivity index (χ0) is 14.0. The lowest BCUT2D eigenvalue weighted by Gasteiger charge is -2.26. The van der Waals surface area contributed by atoms with Crippen LogP contribution in [0.5, 0.6) is 11.5 Å². The summed E-state index contributed by atoms with van der Waals surface area (Å²) in [5.74, 6) is -1.54. The molecule has 1 unspecified atom stereocenters. The van der Waals surface area contributed by atoms with Crippen LogP contribution in [0.2, 0.25) is 0 Å². The van der Waals surface area contributed by atoms with Crippen molar-refractivity contribution in [1.82, 2.24) is 5.32 Å². The first-order valence-corrected chi connectivity index (χ1v) is 5.89. The summed E-state index contributed by atoms with van der Waals surface area (Å²) in [5.41, 5.74) is 0.466. The molecule has 99 valence electrons. The molecule has 0 saturated carbocycles. The van der Waals surface area contributed by atoms with Crippen molar-refractivity contribution in [2.24, 2.45) is 0 Å². The van der Waals surface area contributed by atoms with Gasteiger partial charge in [-0.1, -0.05) is 6.92 Å². The van der Waals surface area contributed by atoms with Gasteiger partial charge in [-0.2, -0.15) is 0 Å². The van der Waals surface area contributed by atoms with Crippen LogP contribution in [0, 0.1) is 0 Å². The largest absolute Gasteiger partial charge is 0.560 e. The normalized spacial score (nSPS) is 16.8. The first kappa shape index (κ1) is 13.3. The van der Waals surface area contributed by atoms with E-state index >= 15 is 0 Å². The maximum Gasteiger partial charge on any atom is 0.394 e. The van der Waals surface area contributed by atoms with Crippen LogP contribution in [0.25, 0.3) is 0 Å². The molecule has 1 aliphatic rings. The molecule has 1 aromatic rings. The van der Waals surface area contributed by atoms with Gasteiger partial charge in [-0.15, -0.1) is 0 Å². The maximum absolute atomic E-state index is 11.3. The Labute approximate surface area is 110 Å². The van der Waals surface area contributed by atoms with Crippen LogP contribution < -0.4 is 9.97 Å². The Morgan fingerprint density at radius 2 is 2.26 bits per heavy atom. The van der Waals surface area contributed by atoms with Crippen LogP contribution in [0.4, 0.5) is 0 Å². The van der Waals surface area contributed by atoms with Gasteiger partial charge in [0.25, 0.3) is 0 Å². The molecule has 0 aliphatic carbocycles. The number of amides is 1. The number of hydrogen-bond acceptors (Lipinski definition) is 4. The van der Waals surface area contributed by atoms with Crippen molar-refractivity contribution in [3.8, 4) is 11.5 Å². The number of benzene rings is 1. The van der Waals surface area contributed by atoms with E-state index in [-0.39, 0.29) is 28.9 Å². The maximum atomic E-state index is 11.3. The monoisotopic (exact) mass is 262 g/mol. The third kappa shape index (κ3) is 2.81. The number of aromatic carboxylic acids is 1. The van der Waals surface area contributed by atoms with E-state index in [4.69, 9.17) is 9.76 Å². The lowest BCUT2D eigenvalue weighted by molar-refractivity contribution is -0.121. The second-order valence-corrected chi connectivity index (χ2v) is 4.27.